The first kappa shape index (κ1) is 12.8. The number of aliphatic hydroxyl groups is 1. The minimum absolute atomic E-state index is 0.174. The Labute approximate surface area is 108 Å². The Hall–Kier alpha value is -1.67. The van der Waals surface area contributed by atoms with Crippen molar-refractivity contribution in [3.05, 3.63) is 66.0 Å². The van der Waals surface area contributed by atoms with Crippen LogP contribution in [0.3, 0.4) is 0 Å². The highest BCUT2D eigenvalue weighted by atomic mass is 16.3. The molecule has 94 valence electrons. The second-order valence-corrected chi connectivity index (χ2v) is 4.52. The molecule has 0 aliphatic heterocycles. The second kappa shape index (κ2) is 6.31. The first-order valence-electron chi connectivity index (χ1n) is 6.44. The molecule has 2 unspecified atom stereocenters. The van der Waals surface area contributed by atoms with E-state index in [9.17, 15) is 5.11 Å². The summed E-state index contributed by atoms with van der Waals surface area (Å²) in [6.07, 6.45) is 2.92. The summed E-state index contributed by atoms with van der Waals surface area (Å²) in [4.78, 5) is 4.27. The van der Waals surface area contributed by atoms with Crippen molar-refractivity contribution in [1.29, 1.82) is 0 Å². The minimum Gasteiger partial charge on any atom is -0.392 e. The summed E-state index contributed by atoms with van der Waals surface area (Å²) < 4.78 is 0. The van der Waals surface area contributed by atoms with E-state index in [1.54, 1.807) is 6.20 Å². The highest BCUT2D eigenvalue weighted by molar-refractivity contribution is 5.21. The highest BCUT2D eigenvalue weighted by Gasteiger charge is 2.19. The molecule has 0 aliphatic carbocycles. The van der Waals surface area contributed by atoms with E-state index in [4.69, 9.17) is 0 Å². The molecule has 2 rings (SSSR count). The third kappa shape index (κ3) is 3.17. The van der Waals surface area contributed by atoms with Gasteiger partial charge in [0.2, 0.25) is 0 Å². The number of benzene rings is 1. The van der Waals surface area contributed by atoms with Gasteiger partial charge in [-0.15, -0.1) is 0 Å². The first-order valence-corrected chi connectivity index (χ1v) is 6.44. The molecule has 18 heavy (non-hydrogen) atoms. The van der Waals surface area contributed by atoms with Crippen molar-refractivity contribution < 1.29 is 5.11 Å². The molecule has 2 atom stereocenters. The van der Waals surface area contributed by atoms with E-state index in [2.05, 4.69) is 24.0 Å². The van der Waals surface area contributed by atoms with Crippen molar-refractivity contribution in [2.45, 2.75) is 31.8 Å². The Kier molecular flexibility index (Phi) is 4.48. The normalized spacial score (nSPS) is 14.1. The Morgan fingerprint density at radius 2 is 1.78 bits per heavy atom. The first-order chi connectivity index (χ1) is 8.81. The molecule has 2 aromatic rings. The van der Waals surface area contributed by atoms with Gasteiger partial charge in [-0.1, -0.05) is 43.3 Å². The number of nitrogens with zero attached hydrogens (tertiary/aromatic N) is 1. The molecule has 0 aliphatic rings. The highest BCUT2D eigenvalue weighted by Crippen LogP contribution is 2.24. The van der Waals surface area contributed by atoms with Crippen molar-refractivity contribution in [2.24, 2.45) is 0 Å². The monoisotopic (exact) mass is 241 g/mol. The zero-order valence-electron chi connectivity index (χ0n) is 10.7. The zero-order chi connectivity index (χ0) is 12.8. The van der Waals surface area contributed by atoms with E-state index < -0.39 is 0 Å². The van der Waals surface area contributed by atoms with Gasteiger partial charge >= 0.3 is 0 Å². The molecule has 0 saturated carbocycles. The molecule has 0 amide bonds. The molecule has 0 bridgehead atoms. The number of pyridine rings is 1. The van der Waals surface area contributed by atoms with Crippen LogP contribution in [0.25, 0.3) is 0 Å². The lowest BCUT2D eigenvalue weighted by molar-refractivity contribution is 0.140. The van der Waals surface area contributed by atoms with E-state index in [0.717, 1.165) is 12.1 Å². The molecule has 0 spiro atoms. The summed E-state index contributed by atoms with van der Waals surface area (Å²) in [5.74, 6) is 0.174. The molecular weight excluding hydrogens is 222 g/mol. The van der Waals surface area contributed by atoms with E-state index in [1.165, 1.54) is 5.56 Å². The van der Waals surface area contributed by atoms with Crippen LogP contribution in [-0.4, -0.2) is 16.2 Å². The fourth-order valence-corrected chi connectivity index (χ4v) is 2.31. The Morgan fingerprint density at radius 1 is 1.06 bits per heavy atom. The van der Waals surface area contributed by atoms with Crippen molar-refractivity contribution >= 4 is 0 Å². The van der Waals surface area contributed by atoms with Crippen LogP contribution in [0, 0.1) is 0 Å². The van der Waals surface area contributed by atoms with Crippen molar-refractivity contribution in [3.8, 4) is 0 Å². The standard InChI is InChI=1S/C16H19NO/c1-2-15(13-8-4-3-5-9-13)16(18)12-14-10-6-7-11-17-14/h3-11,15-16,18H,2,12H2,1H3. The van der Waals surface area contributed by atoms with Gasteiger partial charge in [0.15, 0.2) is 0 Å². The van der Waals surface area contributed by atoms with Gasteiger partial charge in [0.05, 0.1) is 6.10 Å². The molecule has 0 saturated heterocycles. The molecular formula is C16H19NO. The fourth-order valence-electron chi connectivity index (χ4n) is 2.31. The zero-order valence-corrected chi connectivity index (χ0v) is 10.7. The van der Waals surface area contributed by atoms with Crippen molar-refractivity contribution in [1.82, 2.24) is 4.98 Å². The second-order valence-electron chi connectivity index (χ2n) is 4.52. The summed E-state index contributed by atoms with van der Waals surface area (Å²) in [5.41, 5.74) is 2.14. The van der Waals surface area contributed by atoms with Crippen LogP contribution in [0.2, 0.25) is 0 Å². The summed E-state index contributed by atoms with van der Waals surface area (Å²) in [5, 5.41) is 10.4. The number of hydrogen-bond acceptors (Lipinski definition) is 2. The lowest BCUT2D eigenvalue weighted by atomic mass is 9.88. The van der Waals surface area contributed by atoms with Crippen LogP contribution < -0.4 is 0 Å². The quantitative estimate of drug-likeness (QED) is 0.872. The predicted molar refractivity (Wildman–Crippen MR) is 73.4 cm³/mol. The van der Waals surface area contributed by atoms with Gasteiger partial charge in [-0.05, 0) is 24.1 Å². The summed E-state index contributed by atoms with van der Waals surface area (Å²) in [6.45, 7) is 2.11. The SMILES string of the molecule is CCC(c1ccccc1)C(O)Cc1ccccn1. The van der Waals surface area contributed by atoms with Crippen molar-refractivity contribution in [2.75, 3.05) is 0 Å². The average molecular weight is 241 g/mol. The lowest BCUT2D eigenvalue weighted by Crippen LogP contribution is -2.21. The maximum atomic E-state index is 10.4. The van der Waals surface area contributed by atoms with E-state index in [0.29, 0.717) is 6.42 Å². The topological polar surface area (TPSA) is 33.1 Å². The van der Waals surface area contributed by atoms with E-state index in [1.807, 2.05) is 36.4 Å². The molecule has 1 heterocycles. The van der Waals surface area contributed by atoms with E-state index in [-0.39, 0.29) is 12.0 Å². The summed E-state index contributed by atoms with van der Waals surface area (Å²) in [6, 6.07) is 16.0. The Balaban J connectivity index is 2.09. The Bertz CT molecular complexity index is 455. The van der Waals surface area contributed by atoms with Gasteiger partial charge < -0.3 is 5.11 Å². The van der Waals surface area contributed by atoms with Crippen LogP contribution in [-0.2, 0) is 6.42 Å². The maximum absolute atomic E-state index is 10.4. The van der Waals surface area contributed by atoms with Crippen LogP contribution in [0.4, 0.5) is 0 Å². The van der Waals surface area contributed by atoms with Gasteiger partial charge in [0.1, 0.15) is 0 Å². The third-order valence-corrected chi connectivity index (χ3v) is 3.28. The van der Waals surface area contributed by atoms with Gasteiger partial charge in [-0.2, -0.15) is 0 Å². The average Bonchev–Trinajstić information content (AvgIpc) is 2.42. The van der Waals surface area contributed by atoms with Crippen LogP contribution in [0.15, 0.2) is 54.7 Å². The third-order valence-electron chi connectivity index (χ3n) is 3.28. The summed E-state index contributed by atoms with van der Waals surface area (Å²) >= 11 is 0. The Morgan fingerprint density at radius 3 is 2.39 bits per heavy atom. The number of aliphatic hydroxyl groups excluding tert-OH is 1. The largest absolute Gasteiger partial charge is 0.392 e. The van der Waals surface area contributed by atoms with Gasteiger partial charge in [-0.25, -0.2) is 0 Å². The predicted octanol–water partition coefficient (Wildman–Crippen LogP) is 3.18. The molecule has 0 radical (unpaired) electrons. The van der Waals surface area contributed by atoms with Crippen LogP contribution in [0.5, 0.6) is 0 Å². The molecule has 0 fully saturated rings. The minimum atomic E-state index is -0.382. The van der Waals surface area contributed by atoms with E-state index >= 15 is 0 Å². The molecule has 1 aromatic heterocycles. The van der Waals surface area contributed by atoms with Crippen LogP contribution in [0.1, 0.15) is 30.5 Å². The molecule has 1 aromatic carbocycles. The number of aromatic nitrogens is 1. The van der Waals surface area contributed by atoms with Gasteiger partial charge in [-0.3, -0.25) is 4.98 Å². The molecule has 1 N–H and O–H groups in total. The van der Waals surface area contributed by atoms with Crippen LogP contribution >= 0.6 is 0 Å². The van der Waals surface area contributed by atoms with Gasteiger partial charge in [0.25, 0.3) is 0 Å². The number of hydrogen-bond donors (Lipinski definition) is 1. The number of rotatable bonds is 5. The fraction of sp³-hybridized carbons (Fsp3) is 0.312. The molecule has 2 nitrogen and oxygen atoms in total. The maximum Gasteiger partial charge on any atom is 0.0663 e. The van der Waals surface area contributed by atoms with Gasteiger partial charge in [0, 0.05) is 24.2 Å². The van der Waals surface area contributed by atoms with Crippen molar-refractivity contribution in [3.63, 3.8) is 0 Å². The molecule has 2 heteroatoms. The summed E-state index contributed by atoms with van der Waals surface area (Å²) in [7, 11) is 0. The smallest absolute Gasteiger partial charge is 0.0663 e. The lowest BCUT2D eigenvalue weighted by Gasteiger charge is -2.21.